The van der Waals surface area contributed by atoms with E-state index < -0.39 is 0 Å². The lowest BCUT2D eigenvalue weighted by atomic mass is 10.1. The quantitative estimate of drug-likeness (QED) is 0.713. The lowest BCUT2D eigenvalue weighted by Gasteiger charge is -2.21. The Bertz CT molecular complexity index is 351. The van der Waals surface area contributed by atoms with E-state index in [-0.39, 0.29) is 5.78 Å². The number of hydrogen-bond donors (Lipinski definition) is 0. The molecule has 3 nitrogen and oxygen atoms in total. The van der Waals surface area contributed by atoms with Crippen LogP contribution in [0.2, 0.25) is 0 Å². The van der Waals surface area contributed by atoms with Crippen molar-refractivity contribution in [3.63, 3.8) is 0 Å². The molecule has 0 spiro atoms. The van der Waals surface area contributed by atoms with E-state index in [1.165, 1.54) is 5.69 Å². The first-order valence-corrected chi connectivity index (χ1v) is 5.71. The third-order valence-electron chi connectivity index (χ3n) is 2.86. The van der Waals surface area contributed by atoms with Crippen molar-refractivity contribution >= 4 is 11.5 Å². The number of nitrogens with zero attached hydrogens (tertiary/aromatic N) is 1. The Morgan fingerprint density at radius 2 is 1.94 bits per heavy atom. The molecule has 1 aliphatic heterocycles. The van der Waals surface area contributed by atoms with Crippen LogP contribution in [0.4, 0.5) is 5.69 Å². The van der Waals surface area contributed by atoms with Gasteiger partial charge in [0.1, 0.15) is 0 Å². The van der Waals surface area contributed by atoms with Crippen molar-refractivity contribution in [2.75, 3.05) is 31.2 Å². The van der Waals surface area contributed by atoms with Gasteiger partial charge in [0, 0.05) is 30.9 Å². The number of rotatable bonds is 2. The second kappa shape index (κ2) is 5.12. The summed E-state index contributed by atoms with van der Waals surface area (Å²) < 4.78 is 5.41. The van der Waals surface area contributed by atoms with Gasteiger partial charge in [-0.1, -0.05) is 0 Å². The van der Waals surface area contributed by atoms with Gasteiger partial charge >= 0.3 is 0 Å². The van der Waals surface area contributed by atoms with Crippen LogP contribution >= 0.6 is 0 Å². The number of benzene rings is 1. The van der Waals surface area contributed by atoms with Gasteiger partial charge < -0.3 is 9.64 Å². The van der Waals surface area contributed by atoms with Crippen LogP contribution < -0.4 is 4.90 Å². The predicted octanol–water partition coefficient (Wildman–Crippen LogP) is 2.12. The van der Waals surface area contributed by atoms with Crippen LogP contribution in [0, 0.1) is 0 Å². The molecule has 16 heavy (non-hydrogen) atoms. The first-order chi connectivity index (χ1) is 7.77. The summed E-state index contributed by atoms with van der Waals surface area (Å²) in [5.74, 6) is 0.116. The maximum atomic E-state index is 11.2. The second-order valence-corrected chi connectivity index (χ2v) is 4.06. The van der Waals surface area contributed by atoms with Gasteiger partial charge in [-0.2, -0.15) is 0 Å². The minimum atomic E-state index is 0.116. The molecule has 1 fully saturated rings. The summed E-state index contributed by atoms with van der Waals surface area (Å²) in [6.07, 6.45) is 1.06. The highest BCUT2D eigenvalue weighted by molar-refractivity contribution is 5.94. The van der Waals surface area contributed by atoms with E-state index >= 15 is 0 Å². The van der Waals surface area contributed by atoms with E-state index in [0.717, 1.165) is 38.3 Å². The SMILES string of the molecule is CC(=O)c1ccc(N2CCCOCC2)cc1. The van der Waals surface area contributed by atoms with Crippen LogP contribution in [0.1, 0.15) is 23.7 Å². The summed E-state index contributed by atoms with van der Waals surface area (Å²) in [5.41, 5.74) is 1.95. The third-order valence-corrected chi connectivity index (χ3v) is 2.86. The Morgan fingerprint density at radius 3 is 2.62 bits per heavy atom. The number of carbonyl (C=O) groups is 1. The summed E-state index contributed by atoms with van der Waals surface area (Å²) in [7, 11) is 0. The van der Waals surface area contributed by atoms with Crippen LogP contribution in [0.25, 0.3) is 0 Å². The molecule has 1 aliphatic rings. The van der Waals surface area contributed by atoms with Crippen LogP contribution in [0.5, 0.6) is 0 Å². The van der Waals surface area contributed by atoms with E-state index in [1.807, 2.05) is 24.3 Å². The van der Waals surface area contributed by atoms with Crippen molar-refractivity contribution in [1.82, 2.24) is 0 Å². The smallest absolute Gasteiger partial charge is 0.159 e. The average molecular weight is 219 g/mol. The largest absolute Gasteiger partial charge is 0.380 e. The van der Waals surface area contributed by atoms with Crippen LogP contribution in [-0.2, 0) is 4.74 Å². The van der Waals surface area contributed by atoms with Crippen LogP contribution in [-0.4, -0.2) is 32.1 Å². The van der Waals surface area contributed by atoms with Crippen molar-refractivity contribution in [2.45, 2.75) is 13.3 Å². The zero-order chi connectivity index (χ0) is 11.4. The maximum Gasteiger partial charge on any atom is 0.159 e. The van der Waals surface area contributed by atoms with Crippen LogP contribution in [0.15, 0.2) is 24.3 Å². The number of ether oxygens (including phenoxy) is 1. The monoisotopic (exact) mass is 219 g/mol. The van der Waals surface area contributed by atoms with E-state index in [1.54, 1.807) is 6.92 Å². The zero-order valence-electron chi connectivity index (χ0n) is 9.61. The molecule has 0 atom stereocenters. The molecule has 1 aromatic carbocycles. The fraction of sp³-hybridized carbons (Fsp3) is 0.462. The normalized spacial score (nSPS) is 16.9. The molecule has 86 valence electrons. The number of ketones is 1. The number of anilines is 1. The molecule has 0 unspecified atom stereocenters. The van der Waals surface area contributed by atoms with Gasteiger partial charge in [-0.25, -0.2) is 0 Å². The highest BCUT2D eigenvalue weighted by Gasteiger charge is 2.10. The molecule has 3 heteroatoms. The molecule has 2 rings (SSSR count). The topological polar surface area (TPSA) is 29.5 Å². The molecule has 0 aromatic heterocycles. The molecule has 0 bridgehead atoms. The van der Waals surface area contributed by atoms with Crippen molar-refractivity contribution in [3.05, 3.63) is 29.8 Å². The van der Waals surface area contributed by atoms with Gasteiger partial charge in [-0.05, 0) is 37.6 Å². The van der Waals surface area contributed by atoms with Gasteiger partial charge in [0.15, 0.2) is 5.78 Å². The summed E-state index contributed by atoms with van der Waals surface area (Å²) in [6.45, 7) is 5.18. The summed E-state index contributed by atoms with van der Waals surface area (Å²) in [4.78, 5) is 13.5. The lowest BCUT2D eigenvalue weighted by Crippen LogP contribution is -2.25. The number of carbonyl (C=O) groups excluding carboxylic acids is 1. The molecular formula is C13H17NO2. The van der Waals surface area contributed by atoms with Gasteiger partial charge in [0.25, 0.3) is 0 Å². The highest BCUT2D eigenvalue weighted by atomic mass is 16.5. The molecule has 0 aliphatic carbocycles. The number of hydrogen-bond acceptors (Lipinski definition) is 3. The minimum Gasteiger partial charge on any atom is -0.380 e. The van der Waals surface area contributed by atoms with Gasteiger partial charge in [-0.3, -0.25) is 4.79 Å². The Morgan fingerprint density at radius 1 is 1.19 bits per heavy atom. The van der Waals surface area contributed by atoms with E-state index in [9.17, 15) is 4.79 Å². The summed E-state index contributed by atoms with van der Waals surface area (Å²) in [5, 5.41) is 0. The Labute approximate surface area is 96.0 Å². The fourth-order valence-corrected chi connectivity index (χ4v) is 1.91. The lowest BCUT2D eigenvalue weighted by molar-refractivity contribution is 0.101. The molecule has 1 saturated heterocycles. The van der Waals surface area contributed by atoms with Crippen molar-refractivity contribution < 1.29 is 9.53 Å². The molecular weight excluding hydrogens is 202 g/mol. The van der Waals surface area contributed by atoms with E-state index in [4.69, 9.17) is 4.74 Å². The Kier molecular flexibility index (Phi) is 3.57. The molecule has 0 amide bonds. The first-order valence-electron chi connectivity index (χ1n) is 5.71. The first kappa shape index (κ1) is 11.1. The predicted molar refractivity (Wildman–Crippen MR) is 64.1 cm³/mol. The molecule has 0 N–H and O–H groups in total. The molecule has 1 heterocycles. The second-order valence-electron chi connectivity index (χ2n) is 4.06. The van der Waals surface area contributed by atoms with Crippen LogP contribution in [0.3, 0.4) is 0 Å². The summed E-state index contributed by atoms with van der Waals surface area (Å²) in [6, 6.07) is 7.82. The highest BCUT2D eigenvalue weighted by Crippen LogP contribution is 2.17. The summed E-state index contributed by atoms with van der Waals surface area (Å²) >= 11 is 0. The molecule has 0 saturated carbocycles. The molecule has 0 radical (unpaired) electrons. The Hall–Kier alpha value is -1.35. The van der Waals surface area contributed by atoms with Gasteiger partial charge in [-0.15, -0.1) is 0 Å². The fourth-order valence-electron chi connectivity index (χ4n) is 1.91. The van der Waals surface area contributed by atoms with Crippen molar-refractivity contribution in [2.24, 2.45) is 0 Å². The maximum absolute atomic E-state index is 11.2. The van der Waals surface area contributed by atoms with Gasteiger partial charge in [0.05, 0.1) is 6.61 Å². The van der Waals surface area contributed by atoms with E-state index in [2.05, 4.69) is 4.90 Å². The minimum absolute atomic E-state index is 0.116. The number of Topliss-reactive ketones (excluding diaryl/α,β-unsaturated/α-hetero) is 1. The molecule has 1 aromatic rings. The average Bonchev–Trinajstić information content (AvgIpc) is 2.57. The third kappa shape index (κ3) is 2.61. The van der Waals surface area contributed by atoms with E-state index in [0.29, 0.717) is 0 Å². The van der Waals surface area contributed by atoms with Crippen molar-refractivity contribution in [3.8, 4) is 0 Å². The van der Waals surface area contributed by atoms with Gasteiger partial charge in [0.2, 0.25) is 0 Å². The van der Waals surface area contributed by atoms with Crippen molar-refractivity contribution in [1.29, 1.82) is 0 Å². The standard InChI is InChI=1S/C13H17NO2/c1-11(15)12-3-5-13(6-4-12)14-7-2-9-16-10-8-14/h3-6H,2,7-10H2,1H3. The zero-order valence-corrected chi connectivity index (χ0v) is 9.61. The Balaban J connectivity index is 2.10.